The minimum Gasteiger partial charge on any atom is -0.360 e. The molecule has 0 atom stereocenters. The second kappa shape index (κ2) is 7.63. The maximum absolute atomic E-state index is 13.0. The second-order valence-electron chi connectivity index (χ2n) is 9.11. The number of aromatic nitrogens is 2. The first-order valence-electron chi connectivity index (χ1n) is 10.4. The molecule has 1 aliphatic heterocycles. The van der Waals surface area contributed by atoms with Crippen LogP contribution in [0, 0.1) is 12.8 Å². The van der Waals surface area contributed by atoms with Crippen LogP contribution in [0.4, 0.5) is 5.82 Å². The smallest absolute Gasteiger partial charge is 0.270 e. The van der Waals surface area contributed by atoms with E-state index < -0.39 is 0 Å². The van der Waals surface area contributed by atoms with E-state index in [1.54, 1.807) is 13.0 Å². The maximum atomic E-state index is 13.0. The van der Waals surface area contributed by atoms with Gasteiger partial charge < -0.3 is 19.7 Å². The Hall–Kier alpha value is -3.09. The molecular formula is C23H28N4O3. The van der Waals surface area contributed by atoms with E-state index in [1.807, 2.05) is 11.0 Å². The number of piperidine rings is 1. The first-order valence-corrected chi connectivity index (χ1v) is 10.4. The fourth-order valence-electron chi connectivity index (χ4n) is 3.88. The fraction of sp³-hybridized carbons (Fsp3) is 0.435. The molecule has 30 heavy (non-hydrogen) atoms. The van der Waals surface area contributed by atoms with E-state index in [0.717, 1.165) is 10.9 Å². The topological polar surface area (TPSA) is 91.2 Å². The Labute approximate surface area is 175 Å². The summed E-state index contributed by atoms with van der Waals surface area (Å²) in [6, 6.07) is 9.90. The van der Waals surface area contributed by atoms with Crippen molar-refractivity contribution in [1.29, 1.82) is 0 Å². The molecule has 7 heteroatoms. The van der Waals surface area contributed by atoms with Crippen molar-refractivity contribution in [3.05, 3.63) is 47.3 Å². The van der Waals surface area contributed by atoms with Crippen LogP contribution < -0.4 is 5.32 Å². The number of benzene rings is 1. The van der Waals surface area contributed by atoms with Crippen molar-refractivity contribution in [3.8, 4) is 0 Å². The van der Waals surface area contributed by atoms with Crippen LogP contribution in [0.5, 0.6) is 0 Å². The Kier molecular flexibility index (Phi) is 5.13. The maximum Gasteiger partial charge on any atom is 0.270 e. The molecule has 3 heterocycles. The van der Waals surface area contributed by atoms with Gasteiger partial charge in [-0.05, 0) is 42.9 Å². The van der Waals surface area contributed by atoms with E-state index in [1.165, 1.54) is 5.56 Å². The molecule has 0 unspecified atom stereocenters. The predicted molar refractivity (Wildman–Crippen MR) is 115 cm³/mol. The number of nitrogens with one attached hydrogen (secondary N) is 2. The van der Waals surface area contributed by atoms with Crippen LogP contribution in [0.2, 0.25) is 0 Å². The molecule has 0 radical (unpaired) electrons. The molecule has 0 saturated carbocycles. The lowest BCUT2D eigenvalue weighted by atomic mass is 9.87. The van der Waals surface area contributed by atoms with Gasteiger partial charge in [0.25, 0.3) is 5.91 Å². The van der Waals surface area contributed by atoms with Crippen LogP contribution in [0.3, 0.4) is 0 Å². The van der Waals surface area contributed by atoms with Gasteiger partial charge in [0.05, 0.1) is 0 Å². The number of H-pyrrole nitrogens is 1. The third-order valence-electron chi connectivity index (χ3n) is 5.75. The molecule has 1 aromatic carbocycles. The minimum atomic E-state index is -0.136. The summed E-state index contributed by atoms with van der Waals surface area (Å²) < 4.78 is 4.98. The number of amides is 2. The van der Waals surface area contributed by atoms with Gasteiger partial charge >= 0.3 is 0 Å². The van der Waals surface area contributed by atoms with E-state index in [2.05, 4.69) is 54.4 Å². The SMILES string of the molecule is Cc1cc(NC(=O)C2CCN(C(=O)c3cc4ccc(C(C)(C)C)cc4[nH]3)CC2)no1. The van der Waals surface area contributed by atoms with Crippen LogP contribution in [-0.4, -0.2) is 39.9 Å². The van der Waals surface area contributed by atoms with Gasteiger partial charge in [0, 0.05) is 36.0 Å². The molecule has 0 spiro atoms. The number of rotatable bonds is 3. The molecular weight excluding hydrogens is 380 g/mol. The number of anilines is 1. The molecule has 2 N–H and O–H groups in total. The van der Waals surface area contributed by atoms with Gasteiger partial charge in [-0.1, -0.05) is 38.1 Å². The molecule has 4 rings (SSSR count). The van der Waals surface area contributed by atoms with Crippen molar-refractivity contribution in [2.24, 2.45) is 5.92 Å². The zero-order valence-corrected chi connectivity index (χ0v) is 17.9. The summed E-state index contributed by atoms with van der Waals surface area (Å²) in [5.74, 6) is 0.857. The van der Waals surface area contributed by atoms with Crippen LogP contribution >= 0.6 is 0 Å². The molecule has 2 aromatic heterocycles. The number of hydrogen-bond acceptors (Lipinski definition) is 4. The highest BCUT2D eigenvalue weighted by Crippen LogP contribution is 2.27. The number of fused-ring (bicyclic) bond motifs is 1. The molecule has 158 valence electrons. The number of hydrogen-bond donors (Lipinski definition) is 2. The molecule has 7 nitrogen and oxygen atoms in total. The quantitative estimate of drug-likeness (QED) is 0.678. The summed E-state index contributed by atoms with van der Waals surface area (Å²) in [7, 11) is 0. The molecule has 2 amide bonds. The van der Waals surface area contributed by atoms with Gasteiger partial charge in [0.15, 0.2) is 5.82 Å². The highest BCUT2D eigenvalue weighted by molar-refractivity contribution is 5.98. The highest BCUT2D eigenvalue weighted by Gasteiger charge is 2.29. The Morgan fingerprint density at radius 1 is 1.17 bits per heavy atom. The van der Waals surface area contributed by atoms with E-state index in [9.17, 15) is 9.59 Å². The average Bonchev–Trinajstić information content (AvgIpc) is 3.32. The summed E-state index contributed by atoms with van der Waals surface area (Å²) in [6.45, 7) is 9.41. The summed E-state index contributed by atoms with van der Waals surface area (Å²) in [4.78, 5) is 30.5. The number of carbonyl (C=O) groups is 2. The van der Waals surface area contributed by atoms with Crippen molar-refractivity contribution >= 4 is 28.5 Å². The normalized spacial score (nSPS) is 15.5. The van der Waals surface area contributed by atoms with E-state index in [4.69, 9.17) is 4.52 Å². The summed E-state index contributed by atoms with van der Waals surface area (Å²) in [5.41, 5.74) is 2.85. The lowest BCUT2D eigenvalue weighted by molar-refractivity contribution is -0.121. The number of aromatic amines is 1. The molecule has 0 aliphatic carbocycles. The third-order valence-corrected chi connectivity index (χ3v) is 5.75. The first-order chi connectivity index (χ1) is 14.2. The molecule has 3 aromatic rings. The number of carbonyl (C=O) groups excluding carboxylic acids is 2. The van der Waals surface area contributed by atoms with Crippen LogP contribution in [0.15, 0.2) is 34.9 Å². The summed E-state index contributed by atoms with van der Waals surface area (Å²) >= 11 is 0. The van der Waals surface area contributed by atoms with Crippen molar-refractivity contribution in [2.45, 2.75) is 46.0 Å². The molecule has 0 bridgehead atoms. The second-order valence-corrected chi connectivity index (χ2v) is 9.11. The lowest BCUT2D eigenvalue weighted by Gasteiger charge is -2.30. The van der Waals surface area contributed by atoms with Crippen molar-refractivity contribution in [3.63, 3.8) is 0 Å². The molecule has 1 aliphatic rings. The number of aryl methyl sites for hydroxylation is 1. The predicted octanol–water partition coefficient (Wildman–Crippen LogP) is 4.25. The number of nitrogens with zero attached hydrogens (tertiary/aromatic N) is 2. The highest BCUT2D eigenvalue weighted by atomic mass is 16.5. The lowest BCUT2D eigenvalue weighted by Crippen LogP contribution is -2.41. The minimum absolute atomic E-state index is 0.0190. The molecule has 1 fully saturated rings. The largest absolute Gasteiger partial charge is 0.360 e. The Morgan fingerprint density at radius 2 is 1.90 bits per heavy atom. The first kappa shape index (κ1) is 20.2. The van der Waals surface area contributed by atoms with Gasteiger partial charge in [0.1, 0.15) is 11.5 Å². The number of likely N-dealkylation sites (tertiary alicyclic amines) is 1. The average molecular weight is 409 g/mol. The van der Waals surface area contributed by atoms with Crippen molar-refractivity contribution in [2.75, 3.05) is 18.4 Å². The fourth-order valence-corrected chi connectivity index (χ4v) is 3.88. The third kappa shape index (κ3) is 4.10. The zero-order valence-electron chi connectivity index (χ0n) is 17.9. The Morgan fingerprint density at radius 3 is 2.53 bits per heavy atom. The van der Waals surface area contributed by atoms with Crippen LogP contribution in [0.25, 0.3) is 10.9 Å². The monoisotopic (exact) mass is 408 g/mol. The Balaban J connectivity index is 1.39. The van der Waals surface area contributed by atoms with E-state index >= 15 is 0 Å². The van der Waals surface area contributed by atoms with Crippen LogP contribution in [-0.2, 0) is 10.2 Å². The Bertz CT molecular complexity index is 1080. The van der Waals surface area contributed by atoms with Gasteiger partial charge in [-0.15, -0.1) is 0 Å². The van der Waals surface area contributed by atoms with E-state index in [-0.39, 0.29) is 23.1 Å². The zero-order chi connectivity index (χ0) is 21.5. The van der Waals surface area contributed by atoms with Gasteiger partial charge in [-0.25, -0.2) is 0 Å². The van der Waals surface area contributed by atoms with Crippen molar-refractivity contribution in [1.82, 2.24) is 15.0 Å². The standard InChI is InChI=1S/C23H28N4O3/c1-14-11-20(26-30-14)25-21(28)15-7-9-27(10-8-15)22(29)19-12-16-5-6-17(23(2,3)4)13-18(16)24-19/h5-6,11-13,15,24H,7-10H2,1-4H3,(H,25,26,28). The van der Waals surface area contributed by atoms with E-state index in [0.29, 0.717) is 43.2 Å². The van der Waals surface area contributed by atoms with Crippen LogP contribution in [0.1, 0.15) is 55.4 Å². The van der Waals surface area contributed by atoms with Gasteiger partial charge in [0.2, 0.25) is 5.91 Å². The van der Waals surface area contributed by atoms with Gasteiger partial charge in [-0.3, -0.25) is 9.59 Å². The van der Waals surface area contributed by atoms with Crippen molar-refractivity contribution < 1.29 is 14.1 Å². The molecule has 1 saturated heterocycles. The summed E-state index contributed by atoms with van der Waals surface area (Å²) in [5, 5.41) is 7.62. The van der Waals surface area contributed by atoms with Gasteiger partial charge in [-0.2, -0.15) is 0 Å². The summed E-state index contributed by atoms with van der Waals surface area (Å²) in [6.07, 6.45) is 1.26.